The molecule has 0 heterocycles. The van der Waals surface area contributed by atoms with Gasteiger partial charge in [0, 0.05) is 41.9 Å². The summed E-state index contributed by atoms with van der Waals surface area (Å²) in [4.78, 5) is 24.7. The van der Waals surface area contributed by atoms with Gasteiger partial charge in [-0.25, -0.2) is 0 Å². The smallest absolute Gasteiger partial charge is 0.283 e. The van der Waals surface area contributed by atoms with E-state index in [4.69, 9.17) is 9.47 Å². The third-order valence-corrected chi connectivity index (χ3v) is 7.02. The summed E-state index contributed by atoms with van der Waals surface area (Å²) in [6.45, 7) is 5.22. The molecule has 2 aromatic rings. The number of methoxy groups -OCH3 is 2. The number of carbonyl (C=O) groups excluding carboxylic acids is 2. The lowest BCUT2D eigenvalue weighted by Gasteiger charge is -2.17. The summed E-state index contributed by atoms with van der Waals surface area (Å²) in [5.74, 6) is 0.589. The molecule has 0 saturated heterocycles. The van der Waals surface area contributed by atoms with Gasteiger partial charge in [0.2, 0.25) is 5.78 Å². The van der Waals surface area contributed by atoms with E-state index < -0.39 is 10.0 Å². The van der Waals surface area contributed by atoms with Crippen LogP contribution in [0.2, 0.25) is 0 Å². The van der Waals surface area contributed by atoms with Crippen molar-refractivity contribution < 1.29 is 27.5 Å². The summed E-state index contributed by atoms with van der Waals surface area (Å²) in [6, 6.07) is 11.4. The number of carbonyl (C=O) groups is 2. The highest BCUT2D eigenvalue weighted by molar-refractivity contribution is 7.90. The second kappa shape index (κ2) is 11.2. The van der Waals surface area contributed by atoms with E-state index in [0.717, 1.165) is 5.56 Å². The quantitative estimate of drug-likeness (QED) is 0.298. The number of aryl methyl sites for hydroxylation is 1. The molecule has 0 spiro atoms. The number of amidine groups is 1. The number of hydrogen-bond donors (Lipinski definition) is 2. The molecule has 10 heteroatoms. The molecule has 2 aromatic carbocycles. The van der Waals surface area contributed by atoms with Gasteiger partial charge < -0.3 is 20.1 Å². The zero-order valence-electron chi connectivity index (χ0n) is 20.8. The summed E-state index contributed by atoms with van der Waals surface area (Å²) in [6.07, 6.45) is 1.37. The lowest BCUT2D eigenvalue weighted by atomic mass is 9.95. The number of benzene rings is 2. The molecule has 36 heavy (non-hydrogen) atoms. The summed E-state index contributed by atoms with van der Waals surface area (Å²) in [7, 11) is -1.00. The average Bonchev–Trinajstić information content (AvgIpc) is 2.85. The number of anilines is 1. The first kappa shape index (κ1) is 26.7. The normalized spacial score (nSPS) is 14.5. The maximum atomic E-state index is 13.0. The highest BCUT2D eigenvalue weighted by Gasteiger charge is 2.23. The SMILES string of the molecule is COc1ccc(NC(CCNC2=CC(=O)C(C)=C(C)C2=O)=NS(=O)(=O)c2ccc(C)cc2)cc1OC. The second-order valence-electron chi connectivity index (χ2n) is 8.20. The molecule has 0 aromatic heterocycles. The highest BCUT2D eigenvalue weighted by Crippen LogP contribution is 2.30. The monoisotopic (exact) mass is 511 g/mol. The van der Waals surface area contributed by atoms with Crippen molar-refractivity contribution in [1.82, 2.24) is 5.32 Å². The molecular formula is C26H29N3O6S. The van der Waals surface area contributed by atoms with Crippen LogP contribution in [0.4, 0.5) is 5.69 Å². The van der Waals surface area contributed by atoms with Gasteiger partial charge in [-0.05, 0) is 45.0 Å². The molecule has 0 fully saturated rings. The Balaban J connectivity index is 1.87. The summed E-state index contributed by atoms with van der Waals surface area (Å²) < 4.78 is 40.6. The van der Waals surface area contributed by atoms with Crippen molar-refractivity contribution in [3.8, 4) is 11.5 Å². The lowest BCUT2D eigenvalue weighted by Crippen LogP contribution is -2.29. The van der Waals surface area contributed by atoms with Crippen LogP contribution < -0.4 is 20.1 Å². The predicted molar refractivity (Wildman–Crippen MR) is 138 cm³/mol. The number of hydrogen-bond acceptors (Lipinski definition) is 7. The Morgan fingerprint density at radius 3 is 2.22 bits per heavy atom. The van der Waals surface area contributed by atoms with E-state index in [9.17, 15) is 18.0 Å². The topological polar surface area (TPSA) is 123 Å². The summed E-state index contributed by atoms with van der Waals surface area (Å²) >= 11 is 0. The number of allylic oxidation sites excluding steroid dienone is 3. The molecule has 0 unspecified atom stereocenters. The van der Waals surface area contributed by atoms with Crippen LogP contribution in [0.15, 0.2) is 74.7 Å². The van der Waals surface area contributed by atoms with Crippen LogP contribution in [0.5, 0.6) is 11.5 Å². The Morgan fingerprint density at radius 2 is 1.58 bits per heavy atom. The number of ether oxygens (including phenoxy) is 2. The molecule has 0 aliphatic heterocycles. The Kier molecular flexibility index (Phi) is 8.31. The van der Waals surface area contributed by atoms with Gasteiger partial charge in [-0.2, -0.15) is 8.42 Å². The Bertz CT molecular complexity index is 1370. The van der Waals surface area contributed by atoms with E-state index in [2.05, 4.69) is 15.0 Å². The fourth-order valence-corrected chi connectivity index (χ4v) is 4.44. The standard InChI is InChI=1S/C26H29N3O6S/c1-16-6-9-20(10-7-16)36(32,33)29-25(28-19-8-11-23(34-4)24(14-19)35-5)12-13-27-21-15-22(30)17(2)18(3)26(21)31/h6-11,14-15,27H,12-13H2,1-5H3,(H,28,29). The number of ketones is 2. The summed E-state index contributed by atoms with van der Waals surface area (Å²) in [5.41, 5.74) is 2.40. The molecule has 1 aliphatic rings. The molecule has 0 radical (unpaired) electrons. The van der Waals surface area contributed by atoms with Gasteiger partial charge in [0.05, 0.1) is 24.8 Å². The average molecular weight is 512 g/mol. The van der Waals surface area contributed by atoms with Crippen LogP contribution in [0.25, 0.3) is 0 Å². The van der Waals surface area contributed by atoms with Crippen molar-refractivity contribution in [3.05, 3.63) is 70.9 Å². The van der Waals surface area contributed by atoms with Crippen molar-refractivity contribution >= 4 is 33.1 Å². The van der Waals surface area contributed by atoms with Crippen molar-refractivity contribution in [1.29, 1.82) is 0 Å². The van der Waals surface area contributed by atoms with E-state index in [1.54, 1.807) is 44.2 Å². The first-order valence-corrected chi connectivity index (χ1v) is 12.6. The van der Waals surface area contributed by atoms with Gasteiger partial charge in [0.1, 0.15) is 5.84 Å². The van der Waals surface area contributed by atoms with E-state index in [-0.39, 0.29) is 41.0 Å². The number of sulfonamides is 1. The van der Waals surface area contributed by atoms with Crippen molar-refractivity contribution in [2.45, 2.75) is 32.1 Å². The number of Topliss-reactive ketones (excluding diaryl/α,β-unsaturated/α-hetero) is 1. The lowest BCUT2D eigenvalue weighted by molar-refractivity contribution is -0.116. The Morgan fingerprint density at radius 1 is 0.917 bits per heavy atom. The van der Waals surface area contributed by atoms with Gasteiger partial charge in [-0.15, -0.1) is 4.40 Å². The largest absolute Gasteiger partial charge is 0.493 e. The fourth-order valence-electron chi connectivity index (χ4n) is 3.43. The van der Waals surface area contributed by atoms with Gasteiger partial charge in [-0.3, -0.25) is 9.59 Å². The summed E-state index contributed by atoms with van der Waals surface area (Å²) in [5, 5.41) is 5.97. The first-order valence-electron chi connectivity index (χ1n) is 11.2. The van der Waals surface area contributed by atoms with E-state index in [1.165, 1.54) is 32.4 Å². The van der Waals surface area contributed by atoms with Crippen molar-refractivity contribution in [3.63, 3.8) is 0 Å². The third-order valence-electron chi connectivity index (χ3n) is 5.69. The van der Waals surface area contributed by atoms with Crippen LogP contribution in [0.3, 0.4) is 0 Å². The van der Waals surface area contributed by atoms with Crippen LogP contribution in [0, 0.1) is 6.92 Å². The van der Waals surface area contributed by atoms with Gasteiger partial charge in [0.15, 0.2) is 17.3 Å². The predicted octanol–water partition coefficient (Wildman–Crippen LogP) is 3.56. The minimum absolute atomic E-state index is 0.0553. The highest BCUT2D eigenvalue weighted by atomic mass is 32.2. The maximum Gasteiger partial charge on any atom is 0.283 e. The molecule has 1 aliphatic carbocycles. The van der Waals surface area contributed by atoms with E-state index in [0.29, 0.717) is 28.3 Å². The number of rotatable bonds is 9. The van der Waals surface area contributed by atoms with E-state index >= 15 is 0 Å². The molecule has 0 amide bonds. The van der Waals surface area contributed by atoms with Crippen LogP contribution in [0.1, 0.15) is 25.8 Å². The molecule has 9 nitrogen and oxygen atoms in total. The minimum Gasteiger partial charge on any atom is -0.493 e. The molecule has 190 valence electrons. The maximum absolute atomic E-state index is 13.0. The number of nitrogens with zero attached hydrogens (tertiary/aromatic N) is 1. The van der Waals surface area contributed by atoms with E-state index in [1.807, 2.05) is 6.92 Å². The third kappa shape index (κ3) is 6.19. The van der Waals surface area contributed by atoms with Gasteiger partial charge in [-0.1, -0.05) is 17.7 Å². The molecule has 0 atom stereocenters. The van der Waals surface area contributed by atoms with Gasteiger partial charge in [0.25, 0.3) is 10.0 Å². The van der Waals surface area contributed by atoms with Crippen LogP contribution in [-0.2, 0) is 19.6 Å². The molecule has 0 bridgehead atoms. The zero-order chi connectivity index (χ0) is 26.5. The Hall–Kier alpha value is -3.92. The van der Waals surface area contributed by atoms with Crippen LogP contribution in [-0.4, -0.2) is 46.6 Å². The molecular weight excluding hydrogens is 482 g/mol. The van der Waals surface area contributed by atoms with Crippen LogP contribution >= 0.6 is 0 Å². The fraction of sp³-hybridized carbons (Fsp3) is 0.269. The van der Waals surface area contributed by atoms with Crippen molar-refractivity contribution in [2.75, 3.05) is 26.1 Å². The molecule has 3 rings (SSSR count). The molecule has 0 saturated carbocycles. The zero-order valence-corrected chi connectivity index (χ0v) is 21.7. The number of nitrogens with one attached hydrogen (secondary N) is 2. The molecule has 2 N–H and O–H groups in total. The Labute approximate surface area is 211 Å². The first-order chi connectivity index (χ1) is 17.1. The van der Waals surface area contributed by atoms with Crippen molar-refractivity contribution in [2.24, 2.45) is 4.40 Å². The van der Waals surface area contributed by atoms with Gasteiger partial charge >= 0.3 is 0 Å². The second-order valence-corrected chi connectivity index (χ2v) is 9.80. The minimum atomic E-state index is -4.02.